The van der Waals surface area contributed by atoms with Crippen LogP contribution in [-0.2, 0) is 13.1 Å². The van der Waals surface area contributed by atoms with Crippen LogP contribution in [0.15, 0.2) is 52.9 Å². The molecule has 2 N–H and O–H groups in total. The predicted octanol–water partition coefficient (Wildman–Crippen LogP) is 3.74. The summed E-state index contributed by atoms with van der Waals surface area (Å²) in [5, 5.41) is 15.6. The lowest BCUT2D eigenvalue weighted by molar-refractivity contribution is 0.450. The van der Waals surface area contributed by atoms with E-state index in [4.69, 9.17) is 4.42 Å². The van der Waals surface area contributed by atoms with Gasteiger partial charge in [-0.1, -0.05) is 30.3 Å². The highest BCUT2D eigenvalue weighted by Crippen LogP contribution is 2.26. The largest absolute Gasteiger partial charge is 0.508 e. The molecule has 0 aliphatic heterocycles. The fraction of sp³-hybridized carbons (Fsp3) is 0.176. The molecule has 1 aromatic heterocycles. The molecule has 3 rings (SSSR count). The highest BCUT2D eigenvalue weighted by atomic mass is 16.3. The lowest BCUT2D eigenvalue weighted by atomic mass is 10.0. The van der Waals surface area contributed by atoms with E-state index >= 15 is 0 Å². The maximum atomic E-state index is 10.0. The number of phenols is 1. The molecule has 0 saturated carbocycles. The van der Waals surface area contributed by atoms with E-state index in [1.807, 2.05) is 49.4 Å². The lowest BCUT2D eigenvalue weighted by Crippen LogP contribution is -2.12. The van der Waals surface area contributed by atoms with Crippen molar-refractivity contribution < 1.29 is 9.52 Å². The van der Waals surface area contributed by atoms with E-state index < -0.39 is 0 Å². The number of phenolic OH excluding ortho intramolecular Hbond substituents is 1. The number of nitrogens with one attached hydrogen (secondary N) is 1. The SMILES string of the molecule is Cc1ccc(CNCc2c(O)ccc3ccccc23)o1. The van der Waals surface area contributed by atoms with E-state index in [1.54, 1.807) is 6.07 Å². The first kappa shape index (κ1) is 12.8. The highest BCUT2D eigenvalue weighted by Gasteiger charge is 2.06. The Morgan fingerprint density at radius 2 is 1.85 bits per heavy atom. The Hall–Kier alpha value is -2.26. The summed E-state index contributed by atoms with van der Waals surface area (Å²) < 4.78 is 5.51. The minimum absolute atomic E-state index is 0.326. The molecule has 0 saturated heterocycles. The molecule has 0 bridgehead atoms. The van der Waals surface area contributed by atoms with Gasteiger partial charge in [-0.15, -0.1) is 0 Å². The smallest absolute Gasteiger partial charge is 0.120 e. The Morgan fingerprint density at radius 3 is 2.65 bits per heavy atom. The fourth-order valence-electron chi connectivity index (χ4n) is 2.40. The van der Waals surface area contributed by atoms with Crippen LogP contribution in [0, 0.1) is 6.92 Å². The Bertz CT molecular complexity index is 731. The van der Waals surface area contributed by atoms with Gasteiger partial charge in [-0.25, -0.2) is 0 Å². The second-order valence-corrected chi connectivity index (χ2v) is 4.90. The molecule has 2 aromatic carbocycles. The number of hydrogen-bond acceptors (Lipinski definition) is 3. The zero-order valence-electron chi connectivity index (χ0n) is 11.4. The first-order valence-electron chi connectivity index (χ1n) is 6.69. The number of aryl methyl sites for hydroxylation is 1. The molecule has 102 valence electrons. The van der Waals surface area contributed by atoms with Crippen molar-refractivity contribution in [3.63, 3.8) is 0 Å². The van der Waals surface area contributed by atoms with Gasteiger partial charge in [0.05, 0.1) is 6.54 Å². The number of aromatic hydroxyl groups is 1. The van der Waals surface area contributed by atoms with Crippen LogP contribution in [0.25, 0.3) is 10.8 Å². The van der Waals surface area contributed by atoms with Crippen LogP contribution >= 0.6 is 0 Å². The van der Waals surface area contributed by atoms with Gasteiger partial charge in [-0.3, -0.25) is 0 Å². The maximum absolute atomic E-state index is 10.0. The second-order valence-electron chi connectivity index (χ2n) is 4.90. The molecule has 0 spiro atoms. The Morgan fingerprint density at radius 1 is 1.00 bits per heavy atom. The van der Waals surface area contributed by atoms with Gasteiger partial charge in [0.15, 0.2) is 0 Å². The topological polar surface area (TPSA) is 45.4 Å². The monoisotopic (exact) mass is 267 g/mol. The van der Waals surface area contributed by atoms with Crippen molar-refractivity contribution in [2.45, 2.75) is 20.0 Å². The number of fused-ring (bicyclic) bond motifs is 1. The number of hydrogen-bond donors (Lipinski definition) is 2. The van der Waals surface area contributed by atoms with Crippen LogP contribution in [0.3, 0.4) is 0 Å². The summed E-state index contributed by atoms with van der Waals surface area (Å²) >= 11 is 0. The van der Waals surface area contributed by atoms with E-state index in [2.05, 4.69) is 5.32 Å². The Balaban J connectivity index is 1.78. The molecule has 0 fully saturated rings. The maximum Gasteiger partial charge on any atom is 0.120 e. The van der Waals surface area contributed by atoms with Crippen LogP contribution in [0.2, 0.25) is 0 Å². The summed E-state index contributed by atoms with van der Waals surface area (Å²) in [7, 11) is 0. The molecule has 3 nitrogen and oxygen atoms in total. The van der Waals surface area contributed by atoms with Gasteiger partial charge >= 0.3 is 0 Å². The van der Waals surface area contributed by atoms with E-state index in [0.717, 1.165) is 27.9 Å². The van der Waals surface area contributed by atoms with E-state index in [-0.39, 0.29) is 0 Å². The third-order valence-corrected chi connectivity index (χ3v) is 3.41. The van der Waals surface area contributed by atoms with E-state index in [1.165, 1.54) is 0 Å². The van der Waals surface area contributed by atoms with Crippen molar-refractivity contribution in [3.05, 3.63) is 65.6 Å². The van der Waals surface area contributed by atoms with Crippen LogP contribution in [0.1, 0.15) is 17.1 Å². The summed E-state index contributed by atoms with van der Waals surface area (Å²) in [5.74, 6) is 2.14. The average molecular weight is 267 g/mol. The molecule has 3 heteroatoms. The molecule has 0 aliphatic rings. The molecule has 0 amide bonds. The number of benzene rings is 2. The Kier molecular flexibility index (Phi) is 3.44. The third-order valence-electron chi connectivity index (χ3n) is 3.41. The molecular weight excluding hydrogens is 250 g/mol. The molecule has 20 heavy (non-hydrogen) atoms. The van der Waals surface area contributed by atoms with Crippen molar-refractivity contribution in [3.8, 4) is 5.75 Å². The summed E-state index contributed by atoms with van der Waals surface area (Å²) in [6, 6.07) is 15.7. The predicted molar refractivity (Wildman–Crippen MR) is 79.6 cm³/mol. The zero-order chi connectivity index (χ0) is 13.9. The van der Waals surface area contributed by atoms with Crippen LogP contribution in [0.5, 0.6) is 5.75 Å². The molecule has 0 atom stereocenters. The van der Waals surface area contributed by atoms with E-state index in [0.29, 0.717) is 18.8 Å². The molecule has 3 aromatic rings. The number of rotatable bonds is 4. The van der Waals surface area contributed by atoms with Gasteiger partial charge in [-0.2, -0.15) is 0 Å². The molecule has 0 unspecified atom stereocenters. The van der Waals surface area contributed by atoms with Crippen LogP contribution < -0.4 is 5.32 Å². The van der Waals surface area contributed by atoms with Gasteiger partial charge in [0.2, 0.25) is 0 Å². The van der Waals surface area contributed by atoms with Gasteiger partial charge in [0, 0.05) is 12.1 Å². The summed E-state index contributed by atoms with van der Waals surface area (Å²) in [6.07, 6.45) is 0. The van der Waals surface area contributed by atoms with Crippen molar-refractivity contribution in [1.29, 1.82) is 0 Å². The molecular formula is C17H17NO2. The molecule has 0 aliphatic carbocycles. The van der Waals surface area contributed by atoms with Crippen LogP contribution in [0.4, 0.5) is 0 Å². The summed E-state index contributed by atoms with van der Waals surface area (Å²) in [6.45, 7) is 3.18. The van der Waals surface area contributed by atoms with Crippen molar-refractivity contribution >= 4 is 10.8 Å². The van der Waals surface area contributed by atoms with E-state index in [9.17, 15) is 5.11 Å². The lowest BCUT2D eigenvalue weighted by Gasteiger charge is -2.09. The normalized spacial score (nSPS) is 11.1. The molecule has 1 heterocycles. The number of furan rings is 1. The minimum atomic E-state index is 0.326. The van der Waals surface area contributed by atoms with Gasteiger partial charge in [0.1, 0.15) is 17.3 Å². The van der Waals surface area contributed by atoms with Crippen LogP contribution in [-0.4, -0.2) is 5.11 Å². The zero-order valence-corrected chi connectivity index (χ0v) is 11.4. The van der Waals surface area contributed by atoms with Crippen molar-refractivity contribution in [2.24, 2.45) is 0 Å². The second kappa shape index (κ2) is 5.39. The molecule has 0 radical (unpaired) electrons. The highest BCUT2D eigenvalue weighted by molar-refractivity contribution is 5.87. The van der Waals surface area contributed by atoms with Gasteiger partial charge in [0.25, 0.3) is 0 Å². The van der Waals surface area contributed by atoms with Gasteiger partial charge in [-0.05, 0) is 35.9 Å². The third kappa shape index (κ3) is 2.53. The van der Waals surface area contributed by atoms with Crippen molar-refractivity contribution in [1.82, 2.24) is 5.32 Å². The first-order chi connectivity index (χ1) is 9.74. The first-order valence-corrected chi connectivity index (χ1v) is 6.69. The minimum Gasteiger partial charge on any atom is -0.508 e. The summed E-state index contributed by atoms with van der Waals surface area (Å²) in [4.78, 5) is 0. The fourth-order valence-corrected chi connectivity index (χ4v) is 2.40. The quantitative estimate of drug-likeness (QED) is 0.757. The standard InChI is InChI=1S/C17H17NO2/c1-12-6-8-14(20-12)10-18-11-16-15-5-3-2-4-13(15)7-9-17(16)19/h2-9,18-19H,10-11H2,1H3. The Labute approximate surface area is 117 Å². The van der Waals surface area contributed by atoms with Crippen molar-refractivity contribution in [2.75, 3.05) is 0 Å². The average Bonchev–Trinajstić information content (AvgIpc) is 2.87. The van der Waals surface area contributed by atoms with Gasteiger partial charge < -0.3 is 14.8 Å². The summed E-state index contributed by atoms with van der Waals surface area (Å²) in [5.41, 5.74) is 0.923.